The maximum atomic E-state index is 12.0. The Hall–Kier alpha value is -2.08. The molecule has 124 valence electrons. The number of para-hydroxylation sites is 1. The molecule has 0 bridgehead atoms. The third-order valence-electron chi connectivity index (χ3n) is 3.96. The molecule has 23 heavy (non-hydrogen) atoms. The van der Waals surface area contributed by atoms with E-state index in [-0.39, 0.29) is 16.8 Å². The molecule has 1 amide bonds. The number of nitrogens with zero attached hydrogens (tertiary/aromatic N) is 2. The Morgan fingerprint density at radius 1 is 1.35 bits per heavy atom. The van der Waals surface area contributed by atoms with Crippen LogP contribution in [0.3, 0.4) is 0 Å². The zero-order valence-electron chi connectivity index (χ0n) is 13.8. The minimum absolute atomic E-state index is 0.00696. The molecule has 1 aromatic heterocycles. The van der Waals surface area contributed by atoms with Crippen LogP contribution in [0, 0.1) is 6.92 Å². The van der Waals surface area contributed by atoms with Gasteiger partial charge in [0.1, 0.15) is 0 Å². The second-order valence-electron chi connectivity index (χ2n) is 5.64. The van der Waals surface area contributed by atoms with E-state index in [1.54, 1.807) is 4.57 Å². The number of aryl methyl sites for hydroxylation is 1. The van der Waals surface area contributed by atoms with Crippen LogP contribution in [-0.2, 0) is 11.3 Å². The SMILES string of the molecule is Cc1csc(=O)n1CCC(=O)NC[C@H](C)N(C)c1ccccc1. The number of hydrogen-bond donors (Lipinski definition) is 1. The third kappa shape index (κ3) is 4.69. The Bertz CT molecular complexity index is 693. The van der Waals surface area contributed by atoms with Crippen molar-refractivity contribution < 1.29 is 4.79 Å². The number of nitrogens with one attached hydrogen (secondary N) is 1. The highest BCUT2D eigenvalue weighted by Crippen LogP contribution is 2.13. The Labute approximate surface area is 140 Å². The van der Waals surface area contributed by atoms with Gasteiger partial charge in [0.25, 0.3) is 0 Å². The molecule has 1 aromatic carbocycles. The largest absolute Gasteiger partial charge is 0.370 e. The molecule has 0 aliphatic heterocycles. The number of aromatic nitrogens is 1. The molecule has 0 saturated heterocycles. The number of amides is 1. The van der Waals surface area contributed by atoms with E-state index < -0.39 is 0 Å². The minimum atomic E-state index is -0.0317. The van der Waals surface area contributed by atoms with Gasteiger partial charge in [0, 0.05) is 49.4 Å². The summed E-state index contributed by atoms with van der Waals surface area (Å²) in [6.45, 7) is 4.96. The van der Waals surface area contributed by atoms with E-state index >= 15 is 0 Å². The van der Waals surface area contributed by atoms with Crippen molar-refractivity contribution in [2.45, 2.75) is 32.9 Å². The lowest BCUT2D eigenvalue weighted by atomic mass is 10.2. The lowest BCUT2D eigenvalue weighted by Crippen LogP contribution is -2.40. The number of rotatable bonds is 7. The number of carbonyl (C=O) groups is 1. The Balaban J connectivity index is 1.79. The Morgan fingerprint density at radius 2 is 2.04 bits per heavy atom. The first-order valence-corrected chi connectivity index (χ1v) is 8.56. The van der Waals surface area contributed by atoms with Crippen molar-refractivity contribution >= 4 is 22.9 Å². The van der Waals surface area contributed by atoms with Gasteiger partial charge in [0.2, 0.25) is 5.91 Å². The monoisotopic (exact) mass is 333 g/mol. The maximum absolute atomic E-state index is 12.0. The summed E-state index contributed by atoms with van der Waals surface area (Å²) in [7, 11) is 2.01. The molecular weight excluding hydrogens is 310 g/mol. The van der Waals surface area contributed by atoms with Gasteiger partial charge in [-0.25, -0.2) is 0 Å². The van der Waals surface area contributed by atoms with Crippen molar-refractivity contribution in [2.24, 2.45) is 0 Å². The summed E-state index contributed by atoms with van der Waals surface area (Å²) in [5.41, 5.74) is 2.03. The minimum Gasteiger partial charge on any atom is -0.370 e. The molecule has 2 rings (SSSR count). The fourth-order valence-electron chi connectivity index (χ4n) is 2.29. The summed E-state index contributed by atoms with van der Waals surface area (Å²) < 4.78 is 1.64. The highest BCUT2D eigenvalue weighted by molar-refractivity contribution is 7.07. The van der Waals surface area contributed by atoms with Crippen LogP contribution in [0.15, 0.2) is 40.5 Å². The molecule has 1 heterocycles. The zero-order valence-corrected chi connectivity index (χ0v) is 14.6. The van der Waals surface area contributed by atoms with Gasteiger partial charge in [0.05, 0.1) is 0 Å². The molecule has 0 fully saturated rings. The molecular formula is C17H23N3O2S. The fraction of sp³-hybridized carbons (Fsp3) is 0.412. The van der Waals surface area contributed by atoms with E-state index in [0.717, 1.165) is 11.4 Å². The van der Waals surface area contributed by atoms with Crippen LogP contribution in [0.4, 0.5) is 5.69 Å². The van der Waals surface area contributed by atoms with Crippen molar-refractivity contribution in [3.05, 3.63) is 51.1 Å². The maximum Gasteiger partial charge on any atom is 0.307 e. The van der Waals surface area contributed by atoms with Crippen LogP contribution < -0.4 is 15.1 Å². The molecule has 2 aromatic rings. The number of thiazole rings is 1. The van der Waals surface area contributed by atoms with Crippen molar-refractivity contribution in [1.82, 2.24) is 9.88 Å². The number of benzene rings is 1. The first-order valence-electron chi connectivity index (χ1n) is 7.68. The number of carbonyl (C=O) groups excluding carboxylic acids is 1. The molecule has 0 spiro atoms. The van der Waals surface area contributed by atoms with E-state index in [2.05, 4.69) is 17.1 Å². The van der Waals surface area contributed by atoms with Gasteiger partial charge < -0.3 is 14.8 Å². The van der Waals surface area contributed by atoms with Crippen LogP contribution in [0.25, 0.3) is 0 Å². The second kappa shape index (κ2) is 7.97. The van der Waals surface area contributed by atoms with Gasteiger partial charge in [0.15, 0.2) is 0 Å². The summed E-state index contributed by atoms with van der Waals surface area (Å²) in [6, 6.07) is 10.3. The van der Waals surface area contributed by atoms with E-state index in [0.29, 0.717) is 19.5 Å². The van der Waals surface area contributed by atoms with Crippen LogP contribution in [0.1, 0.15) is 19.0 Å². The van der Waals surface area contributed by atoms with Crippen molar-refractivity contribution in [3.8, 4) is 0 Å². The van der Waals surface area contributed by atoms with Crippen molar-refractivity contribution in [2.75, 3.05) is 18.5 Å². The highest BCUT2D eigenvalue weighted by Gasteiger charge is 2.12. The quantitative estimate of drug-likeness (QED) is 0.845. The molecule has 0 saturated carbocycles. The third-order valence-corrected chi connectivity index (χ3v) is 4.84. The smallest absolute Gasteiger partial charge is 0.307 e. The predicted molar refractivity (Wildman–Crippen MR) is 95.2 cm³/mol. The number of anilines is 1. The van der Waals surface area contributed by atoms with Gasteiger partial charge in [-0.3, -0.25) is 9.59 Å². The lowest BCUT2D eigenvalue weighted by molar-refractivity contribution is -0.121. The topological polar surface area (TPSA) is 54.3 Å². The summed E-state index contributed by atoms with van der Waals surface area (Å²) in [4.78, 5) is 25.7. The average molecular weight is 333 g/mol. The highest BCUT2D eigenvalue weighted by atomic mass is 32.1. The van der Waals surface area contributed by atoms with Crippen molar-refractivity contribution in [1.29, 1.82) is 0 Å². The summed E-state index contributed by atoms with van der Waals surface area (Å²) in [6.07, 6.45) is 0.319. The summed E-state index contributed by atoms with van der Waals surface area (Å²) in [5, 5.41) is 4.76. The van der Waals surface area contributed by atoms with Gasteiger partial charge in [-0.05, 0) is 26.0 Å². The van der Waals surface area contributed by atoms with Crippen LogP contribution in [-0.4, -0.2) is 30.1 Å². The van der Waals surface area contributed by atoms with Crippen LogP contribution >= 0.6 is 11.3 Å². The second-order valence-corrected chi connectivity index (χ2v) is 6.46. The van der Waals surface area contributed by atoms with E-state index in [1.165, 1.54) is 11.3 Å². The van der Waals surface area contributed by atoms with Gasteiger partial charge >= 0.3 is 4.87 Å². The first kappa shape index (κ1) is 17.3. The van der Waals surface area contributed by atoms with E-state index in [1.807, 2.05) is 49.7 Å². The zero-order chi connectivity index (χ0) is 16.8. The van der Waals surface area contributed by atoms with E-state index in [9.17, 15) is 9.59 Å². The fourth-order valence-corrected chi connectivity index (χ4v) is 3.05. The number of likely N-dealkylation sites (N-methyl/N-ethyl adjacent to an activating group) is 1. The molecule has 0 aliphatic rings. The Morgan fingerprint density at radius 3 is 2.65 bits per heavy atom. The molecule has 0 radical (unpaired) electrons. The van der Waals surface area contributed by atoms with Crippen LogP contribution in [0.2, 0.25) is 0 Å². The molecule has 1 atom stereocenters. The molecule has 0 aliphatic carbocycles. The summed E-state index contributed by atoms with van der Waals surface area (Å²) >= 11 is 1.17. The van der Waals surface area contributed by atoms with Crippen molar-refractivity contribution in [3.63, 3.8) is 0 Å². The van der Waals surface area contributed by atoms with E-state index in [4.69, 9.17) is 0 Å². The van der Waals surface area contributed by atoms with Gasteiger partial charge in [-0.15, -0.1) is 0 Å². The molecule has 1 N–H and O–H groups in total. The summed E-state index contributed by atoms with van der Waals surface area (Å²) in [5.74, 6) is -0.0317. The Kier molecular flexibility index (Phi) is 5.98. The number of hydrogen-bond acceptors (Lipinski definition) is 4. The first-order chi connectivity index (χ1) is 11.0. The standard InChI is InChI=1S/C17H23N3O2S/c1-13(19(3)15-7-5-4-6-8-15)11-18-16(21)9-10-20-14(2)12-23-17(20)22/h4-8,12-13H,9-11H2,1-3H3,(H,18,21)/t13-/m0/s1. The normalized spacial score (nSPS) is 12.0. The van der Waals surface area contributed by atoms with Gasteiger partial charge in [-0.2, -0.15) is 0 Å². The molecule has 0 unspecified atom stereocenters. The lowest BCUT2D eigenvalue weighted by Gasteiger charge is -2.27. The average Bonchev–Trinajstić information content (AvgIpc) is 2.89. The molecule has 5 nitrogen and oxygen atoms in total. The molecule has 6 heteroatoms. The predicted octanol–water partition coefficient (Wildman–Crippen LogP) is 2.25. The van der Waals surface area contributed by atoms with Gasteiger partial charge in [-0.1, -0.05) is 29.5 Å². The van der Waals surface area contributed by atoms with Crippen LogP contribution in [0.5, 0.6) is 0 Å².